The van der Waals surface area contributed by atoms with Gasteiger partial charge in [0.1, 0.15) is 5.60 Å². The average molecular weight is 382 g/mol. The van der Waals surface area contributed by atoms with Gasteiger partial charge in [-0.2, -0.15) is 0 Å². The highest BCUT2D eigenvalue weighted by Crippen LogP contribution is 2.41. The summed E-state index contributed by atoms with van der Waals surface area (Å²) in [6.07, 6.45) is 6.73. The number of allylic oxidation sites excluding steroid dienone is 2. The van der Waals surface area contributed by atoms with Gasteiger partial charge in [0.25, 0.3) is 0 Å². The normalized spacial score (nSPS) is 16.3. The Labute approximate surface area is 173 Å². The van der Waals surface area contributed by atoms with Gasteiger partial charge >= 0.3 is 0 Å². The first kappa shape index (κ1) is 19.4. The third-order valence-electron chi connectivity index (χ3n) is 5.50. The molecule has 0 saturated carbocycles. The molecule has 146 valence electrons. The van der Waals surface area contributed by atoms with Gasteiger partial charge in [-0.3, -0.25) is 0 Å². The van der Waals surface area contributed by atoms with Gasteiger partial charge < -0.3 is 10.0 Å². The predicted octanol–water partition coefficient (Wildman–Crippen LogP) is 5.11. The Bertz CT molecular complexity index is 979. The second-order valence-corrected chi connectivity index (χ2v) is 7.89. The molecule has 3 aromatic rings. The lowest BCUT2D eigenvalue weighted by molar-refractivity contribution is 0.124. The first-order valence-electron chi connectivity index (χ1n) is 10.1. The van der Waals surface area contributed by atoms with Gasteiger partial charge in [0.15, 0.2) is 0 Å². The number of rotatable bonds is 6. The zero-order valence-electron chi connectivity index (χ0n) is 17.0. The quantitative estimate of drug-likeness (QED) is 0.600. The fourth-order valence-corrected chi connectivity index (χ4v) is 4.19. The van der Waals surface area contributed by atoms with Crippen LogP contribution in [-0.4, -0.2) is 30.6 Å². The fraction of sp³-hybridized carbons (Fsp3) is 0.185. The van der Waals surface area contributed by atoms with Crippen molar-refractivity contribution in [1.29, 1.82) is 0 Å². The molecule has 2 nitrogen and oxygen atoms in total. The highest BCUT2D eigenvalue weighted by molar-refractivity contribution is 5.53. The molecular weight excluding hydrogens is 354 g/mol. The van der Waals surface area contributed by atoms with Gasteiger partial charge in [0.05, 0.1) is 0 Å². The molecule has 1 N–H and O–H groups in total. The van der Waals surface area contributed by atoms with Crippen molar-refractivity contribution in [2.75, 3.05) is 20.6 Å². The van der Waals surface area contributed by atoms with Crippen LogP contribution in [0.3, 0.4) is 0 Å². The van der Waals surface area contributed by atoms with Crippen LogP contribution in [-0.2, 0) is 5.60 Å². The number of nitrogens with zero attached hydrogens (tertiary/aromatic N) is 1. The lowest BCUT2D eigenvalue weighted by atomic mass is 9.76. The number of aliphatic hydroxyl groups is 1. The van der Waals surface area contributed by atoms with Gasteiger partial charge in [-0.15, -0.1) is 0 Å². The molecule has 1 aliphatic rings. The summed E-state index contributed by atoms with van der Waals surface area (Å²) in [6.45, 7) is 0.913. The van der Waals surface area contributed by atoms with E-state index < -0.39 is 5.60 Å². The van der Waals surface area contributed by atoms with Crippen molar-refractivity contribution < 1.29 is 5.11 Å². The van der Waals surface area contributed by atoms with E-state index in [0.717, 1.165) is 28.8 Å². The van der Waals surface area contributed by atoms with E-state index in [-0.39, 0.29) is 5.92 Å². The minimum atomic E-state index is -1.22. The van der Waals surface area contributed by atoms with Crippen molar-refractivity contribution >= 4 is 0 Å². The summed E-state index contributed by atoms with van der Waals surface area (Å²) in [6, 6.07) is 28.2. The SMILES string of the molecule is CN(C)CC1=CC(c2ccccc2C(O)(c2ccccc2)c2ccccc2)C=C1. The fourth-order valence-electron chi connectivity index (χ4n) is 4.19. The van der Waals surface area contributed by atoms with Crippen LogP contribution >= 0.6 is 0 Å². The van der Waals surface area contributed by atoms with Gasteiger partial charge in [-0.1, -0.05) is 103 Å². The first-order valence-corrected chi connectivity index (χ1v) is 10.1. The molecule has 0 aromatic heterocycles. The zero-order valence-corrected chi connectivity index (χ0v) is 17.0. The Morgan fingerprint density at radius 2 is 1.34 bits per heavy atom. The third-order valence-corrected chi connectivity index (χ3v) is 5.50. The standard InChI is InChI=1S/C27H27NO/c1-28(2)20-21-17-18-22(19-21)25-15-9-10-16-26(25)27(29,23-11-5-3-6-12-23)24-13-7-4-8-14-24/h3-19,22,29H,20H2,1-2H3. The van der Waals surface area contributed by atoms with Crippen LogP contribution in [0.2, 0.25) is 0 Å². The van der Waals surface area contributed by atoms with Crippen LogP contribution in [0.25, 0.3) is 0 Å². The minimum Gasteiger partial charge on any atom is -0.376 e. The van der Waals surface area contributed by atoms with Crippen molar-refractivity contribution in [3.8, 4) is 0 Å². The van der Waals surface area contributed by atoms with Crippen molar-refractivity contribution in [3.63, 3.8) is 0 Å². The van der Waals surface area contributed by atoms with Crippen LogP contribution in [0.5, 0.6) is 0 Å². The molecule has 0 radical (unpaired) electrons. The van der Waals surface area contributed by atoms with E-state index in [1.165, 1.54) is 5.57 Å². The summed E-state index contributed by atoms with van der Waals surface area (Å²) < 4.78 is 0. The monoisotopic (exact) mass is 381 g/mol. The first-order chi connectivity index (χ1) is 14.1. The topological polar surface area (TPSA) is 23.5 Å². The van der Waals surface area contributed by atoms with Gasteiger partial charge in [0.2, 0.25) is 0 Å². The summed E-state index contributed by atoms with van der Waals surface area (Å²) in [4.78, 5) is 2.18. The maximum Gasteiger partial charge on any atom is 0.140 e. The molecule has 0 bridgehead atoms. The van der Waals surface area contributed by atoms with E-state index in [4.69, 9.17) is 0 Å². The van der Waals surface area contributed by atoms with Gasteiger partial charge in [0, 0.05) is 12.5 Å². The van der Waals surface area contributed by atoms with E-state index in [1.54, 1.807) is 0 Å². The summed E-state index contributed by atoms with van der Waals surface area (Å²) in [5, 5.41) is 12.2. The molecule has 3 aromatic carbocycles. The maximum atomic E-state index is 12.2. The molecule has 29 heavy (non-hydrogen) atoms. The smallest absolute Gasteiger partial charge is 0.140 e. The molecule has 0 aliphatic heterocycles. The molecular formula is C27H27NO. The molecule has 1 unspecified atom stereocenters. The van der Waals surface area contributed by atoms with Crippen LogP contribution in [0.15, 0.2) is 109 Å². The average Bonchev–Trinajstić information content (AvgIpc) is 3.22. The summed E-state index contributed by atoms with van der Waals surface area (Å²) in [7, 11) is 4.17. The molecule has 1 aliphatic carbocycles. The summed E-state index contributed by atoms with van der Waals surface area (Å²) >= 11 is 0. The molecule has 4 rings (SSSR count). The molecule has 1 atom stereocenters. The van der Waals surface area contributed by atoms with E-state index in [0.29, 0.717) is 0 Å². The van der Waals surface area contributed by atoms with Crippen molar-refractivity contribution in [2.24, 2.45) is 0 Å². The number of benzene rings is 3. The van der Waals surface area contributed by atoms with E-state index in [9.17, 15) is 5.11 Å². The predicted molar refractivity (Wildman–Crippen MR) is 120 cm³/mol. The van der Waals surface area contributed by atoms with Crippen LogP contribution in [0, 0.1) is 0 Å². The van der Waals surface area contributed by atoms with Crippen molar-refractivity contribution in [1.82, 2.24) is 4.90 Å². The summed E-state index contributed by atoms with van der Waals surface area (Å²) in [5.74, 6) is 0.153. The molecule has 0 amide bonds. The Hall–Kier alpha value is -2.94. The van der Waals surface area contributed by atoms with Crippen molar-refractivity contribution in [3.05, 3.63) is 131 Å². The van der Waals surface area contributed by atoms with E-state index >= 15 is 0 Å². The van der Waals surface area contributed by atoms with Gasteiger partial charge in [-0.05, 0) is 41.9 Å². The molecule has 0 spiro atoms. The number of likely N-dealkylation sites (N-methyl/N-ethyl adjacent to an activating group) is 1. The van der Waals surface area contributed by atoms with E-state index in [1.807, 2.05) is 66.7 Å². The lowest BCUT2D eigenvalue weighted by Crippen LogP contribution is -2.30. The van der Waals surface area contributed by atoms with Crippen LogP contribution < -0.4 is 0 Å². The molecule has 0 fully saturated rings. The second-order valence-electron chi connectivity index (χ2n) is 7.89. The molecule has 2 heteroatoms. The van der Waals surface area contributed by atoms with Gasteiger partial charge in [-0.25, -0.2) is 0 Å². The molecule has 0 saturated heterocycles. The number of hydrogen-bond acceptors (Lipinski definition) is 2. The largest absolute Gasteiger partial charge is 0.376 e. The van der Waals surface area contributed by atoms with Crippen molar-refractivity contribution in [2.45, 2.75) is 11.5 Å². The minimum absolute atomic E-state index is 0.153. The second kappa shape index (κ2) is 8.20. The molecule has 0 heterocycles. The van der Waals surface area contributed by atoms with E-state index in [2.05, 4.69) is 55.4 Å². The number of hydrogen-bond donors (Lipinski definition) is 1. The van der Waals surface area contributed by atoms with Crippen LogP contribution in [0.4, 0.5) is 0 Å². The van der Waals surface area contributed by atoms with Crippen LogP contribution in [0.1, 0.15) is 28.2 Å². The Balaban J connectivity index is 1.86. The lowest BCUT2D eigenvalue weighted by Gasteiger charge is -2.33. The zero-order chi connectivity index (χ0) is 20.3. The summed E-state index contributed by atoms with van der Waals surface area (Å²) in [5.41, 5.74) is 3.89. The third kappa shape index (κ3) is 3.82. The maximum absolute atomic E-state index is 12.2. The highest BCUT2D eigenvalue weighted by Gasteiger charge is 2.36. The Kier molecular flexibility index (Phi) is 5.48. The highest BCUT2D eigenvalue weighted by atomic mass is 16.3. The Morgan fingerprint density at radius 3 is 1.93 bits per heavy atom. The Morgan fingerprint density at radius 1 is 0.793 bits per heavy atom.